The Bertz CT molecular complexity index is 304. The van der Waals surface area contributed by atoms with Gasteiger partial charge in [-0.2, -0.15) is 0 Å². The van der Waals surface area contributed by atoms with E-state index in [1.165, 1.54) is 64.6 Å². The highest BCUT2D eigenvalue weighted by Crippen LogP contribution is 2.26. The maximum Gasteiger partial charge on any atom is 0.0304 e. The average Bonchev–Trinajstić information content (AvgIpc) is 2.98. The summed E-state index contributed by atoms with van der Waals surface area (Å²) < 4.78 is 0. The van der Waals surface area contributed by atoms with E-state index in [2.05, 4.69) is 37.1 Å². The van der Waals surface area contributed by atoms with Crippen molar-refractivity contribution in [2.24, 2.45) is 0 Å². The topological polar surface area (TPSA) is 15.3 Å². The lowest BCUT2D eigenvalue weighted by molar-refractivity contribution is 0.0715. The summed E-state index contributed by atoms with van der Waals surface area (Å²) in [6.07, 6.45) is 11.6. The van der Waals surface area contributed by atoms with Gasteiger partial charge in [-0.05, 0) is 44.9 Å². The molecule has 0 bridgehead atoms. The molecule has 19 heavy (non-hydrogen) atoms. The molecule has 1 atom stereocenters. The van der Waals surface area contributed by atoms with Gasteiger partial charge < -0.3 is 5.32 Å². The zero-order chi connectivity index (χ0) is 13.7. The fraction of sp³-hybridized carbons (Fsp3) is 0.882. The van der Waals surface area contributed by atoms with Gasteiger partial charge in [0.05, 0.1) is 0 Å². The number of piperazine rings is 1. The van der Waals surface area contributed by atoms with Crippen LogP contribution in [-0.2, 0) is 0 Å². The standard InChI is InChI=1S/C17H32N2/c1-4-16-13-18-17(5-2,6-3)14-19(16)12-11-15-9-7-8-10-15/h9,16,18H,4-8,10-14H2,1-3H3. The normalized spacial score (nSPS) is 27.5. The van der Waals surface area contributed by atoms with Gasteiger partial charge >= 0.3 is 0 Å². The molecule has 110 valence electrons. The lowest BCUT2D eigenvalue weighted by Crippen LogP contribution is -2.63. The average molecular weight is 264 g/mol. The first kappa shape index (κ1) is 15.1. The Balaban J connectivity index is 1.93. The van der Waals surface area contributed by atoms with Crippen LogP contribution in [0.25, 0.3) is 0 Å². The number of nitrogens with zero attached hydrogens (tertiary/aromatic N) is 1. The molecular weight excluding hydrogens is 232 g/mol. The molecule has 2 rings (SSSR count). The summed E-state index contributed by atoms with van der Waals surface area (Å²) in [5, 5.41) is 3.83. The molecule has 1 aliphatic carbocycles. The molecular formula is C17H32N2. The predicted molar refractivity (Wildman–Crippen MR) is 83.5 cm³/mol. The predicted octanol–water partition coefficient (Wildman–Crippen LogP) is 3.73. The second kappa shape index (κ2) is 6.90. The van der Waals surface area contributed by atoms with Crippen molar-refractivity contribution >= 4 is 0 Å². The number of allylic oxidation sites excluding steroid dienone is 1. The SMILES string of the molecule is CCC1CNC(CC)(CC)CN1CCC1=CCCC1. The van der Waals surface area contributed by atoms with Crippen LogP contribution in [-0.4, -0.2) is 36.1 Å². The zero-order valence-electron chi connectivity index (χ0n) is 13.2. The second-order valence-corrected chi connectivity index (χ2v) is 6.41. The molecule has 1 unspecified atom stereocenters. The monoisotopic (exact) mass is 264 g/mol. The van der Waals surface area contributed by atoms with Crippen LogP contribution in [0.15, 0.2) is 11.6 Å². The Hall–Kier alpha value is -0.340. The van der Waals surface area contributed by atoms with Crippen LogP contribution in [0, 0.1) is 0 Å². The lowest BCUT2D eigenvalue weighted by atomic mass is 9.88. The van der Waals surface area contributed by atoms with Crippen molar-refractivity contribution in [2.45, 2.75) is 77.3 Å². The summed E-state index contributed by atoms with van der Waals surface area (Å²) in [5.41, 5.74) is 2.09. The van der Waals surface area contributed by atoms with Crippen molar-refractivity contribution < 1.29 is 0 Å². The summed E-state index contributed by atoms with van der Waals surface area (Å²) in [5.74, 6) is 0. The van der Waals surface area contributed by atoms with E-state index >= 15 is 0 Å². The van der Waals surface area contributed by atoms with Gasteiger partial charge in [0.2, 0.25) is 0 Å². The first-order valence-corrected chi connectivity index (χ1v) is 8.40. The van der Waals surface area contributed by atoms with E-state index in [4.69, 9.17) is 0 Å². The molecule has 0 radical (unpaired) electrons. The molecule has 1 aliphatic heterocycles. The number of hydrogen-bond acceptors (Lipinski definition) is 2. The zero-order valence-corrected chi connectivity index (χ0v) is 13.2. The van der Waals surface area contributed by atoms with Crippen molar-refractivity contribution in [1.82, 2.24) is 10.2 Å². The van der Waals surface area contributed by atoms with Gasteiger partial charge in [-0.15, -0.1) is 0 Å². The highest BCUT2D eigenvalue weighted by Gasteiger charge is 2.35. The molecule has 2 aliphatic rings. The molecule has 2 heteroatoms. The molecule has 1 heterocycles. The minimum Gasteiger partial charge on any atom is -0.308 e. The van der Waals surface area contributed by atoms with Crippen LogP contribution in [0.2, 0.25) is 0 Å². The molecule has 2 nitrogen and oxygen atoms in total. The van der Waals surface area contributed by atoms with Gasteiger partial charge in [0, 0.05) is 31.2 Å². The maximum absolute atomic E-state index is 3.83. The van der Waals surface area contributed by atoms with E-state index in [9.17, 15) is 0 Å². The van der Waals surface area contributed by atoms with Crippen LogP contribution in [0.4, 0.5) is 0 Å². The van der Waals surface area contributed by atoms with Crippen LogP contribution in [0.3, 0.4) is 0 Å². The van der Waals surface area contributed by atoms with Gasteiger partial charge in [-0.3, -0.25) is 4.90 Å². The third-order valence-electron chi connectivity index (χ3n) is 5.41. The molecule has 0 aromatic carbocycles. The molecule has 0 aromatic rings. The number of hydrogen-bond donors (Lipinski definition) is 1. The lowest BCUT2D eigenvalue weighted by Gasteiger charge is -2.47. The van der Waals surface area contributed by atoms with E-state index in [1.54, 1.807) is 5.57 Å². The fourth-order valence-electron chi connectivity index (χ4n) is 3.68. The van der Waals surface area contributed by atoms with E-state index in [0.717, 1.165) is 6.04 Å². The van der Waals surface area contributed by atoms with Crippen LogP contribution >= 0.6 is 0 Å². The highest BCUT2D eigenvalue weighted by atomic mass is 15.2. The van der Waals surface area contributed by atoms with Gasteiger partial charge in [-0.1, -0.05) is 32.4 Å². The largest absolute Gasteiger partial charge is 0.308 e. The van der Waals surface area contributed by atoms with Crippen molar-refractivity contribution in [1.29, 1.82) is 0 Å². The van der Waals surface area contributed by atoms with Gasteiger partial charge in [-0.25, -0.2) is 0 Å². The van der Waals surface area contributed by atoms with Gasteiger partial charge in [0.15, 0.2) is 0 Å². The summed E-state index contributed by atoms with van der Waals surface area (Å²) in [6.45, 7) is 10.7. The summed E-state index contributed by atoms with van der Waals surface area (Å²) in [4.78, 5) is 2.77. The second-order valence-electron chi connectivity index (χ2n) is 6.41. The van der Waals surface area contributed by atoms with Gasteiger partial charge in [0.1, 0.15) is 0 Å². The first-order chi connectivity index (χ1) is 9.23. The van der Waals surface area contributed by atoms with E-state index < -0.39 is 0 Å². The third kappa shape index (κ3) is 3.61. The van der Waals surface area contributed by atoms with Crippen LogP contribution < -0.4 is 5.32 Å². The Morgan fingerprint density at radius 1 is 1.32 bits per heavy atom. The molecule has 1 fully saturated rings. The molecule has 0 amide bonds. The summed E-state index contributed by atoms with van der Waals surface area (Å²) >= 11 is 0. The van der Waals surface area contributed by atoms with Crippen LogP contribution in [0.1, 0.15) is 65.7 Å². The Labute approximate surface area is 119 Å². The van der Waals surface area contributed by atoms with Crippen molar-refractivity contribution in [3.05, 3.63) is 11.6 Å². The van der Waals surface area contributed by atoms with Crippen molar-refractivity contribution in [2.75, 3.05) is 19.6 Å². The van der Waals surface area contributed by atoms with Crippen molar-refractivity contribution in [3.63, 3.8) is 0 Å². The Morgan fingerprint density at radius 3 is 2.68 bits per heavy atom. The number of nitrogens with one attached hydrogen (secondary N) is 1. The summed E-state index contributed by atoms with van der Waals surface area (Å²) in [6, 6.07) is 0.744. The Morgan fingerprint density at radius 2 is 2.11 bits per heavy atom. The highest BCUT2D eigenvalue weighted by molar-refractivity contribution is 5.08. The minimum atomic E-state index is 0.371. The smallest absolute Gasteiger partial charge is 0.0304 e. The fourth-order valence-corrected chi connectivity index (χ4v) is 3.68. The summed E-state index contributed by atoms with van der Waals surface area (Å²) in [7, 11) is 0. The van der Waals surface area contributed by atoms with E-state index in [-0.39, 0.29) is 0 Å². The number of rotatable bonds is 6. The molecule has 1 saturated heterocycles. The molecule has 0 spiro atoms. The maximum atomic E-state index is 3.83. The van der Waals surface area contributed by atoms with E-state index in [0.29, 0.717) is 5.54 Å². The van der Waals surface area contributed by atoms with E-state index in [1.807, 2.05) is 0 Å². The van der Waals surface area contributed by atoms with Gasteiger partial charge in [0.25, 0.3) is 0 Å². The minimum absolute atomic E-state index is 0.371. The quantitative estimate of drug-likeness (QED) is 0.735. The van der Waals surface area contributed by atoms with Crippen LogP contribution in [0.5, 0.6) is 0 Å². The molecule has 0 saturated carbocycles. The molecule has 0 aromatic heterocycles. The molecule has 1 N–H and O–H groups in total. The Kier molecular flexibility index (Phi) is 5.47. The third-order valence-corrected chi connectivity index (χ3v) is 5.41. The first-order valence-electron chi connectivity index (χ1n) is 8.40. The van der Waals surface area contributed by atoms with Crippen molar-refractivity contribution in [3.8, 4) is 0 Å².